The molecule has 0 bridgehead atoms. The third-order valence-electron chi connectivity index (χ3n) is 4.46. The maximum Gasteiger partial charge on any atom is 0.264 e. The summed E-state index contributed by atoms with van der Waals surface area (Å²) in [5, 5.41) is 2.99. The first kappa shape index (κ1) is 16.5. The Bertz CT molecular complexity index is 957. The second-order valence-electron chi connectivity index (χ2n) is 6.29. The molecule has 0 radical (unpaired) electrons. The predicted molar refractivity (Wildman–Crippen MR) is 99.7 cm³/mol. The van der Waals surface area contributed by atoms with Gasteiger partial charge in [0.25, 0.3) is 10.0 Å². The van der Waals surface area contributed by atoms with E-state index in [0.717, 1.165) is 16.1 Å². The molecule has 0 aliphatic carbocycles. The molecule has 1 atom stereocenters. The molecule has 0 saturated carbocycles. The normalized spacial score (nSPS) is 19.8. The van der Waals surface area contributed by atoms with E-state index in [0.29, 0.717) is 25.1 Å². The number of fused-ring (bicyclic) bond motifs is 2. The van der Waals surface area contributed by atoms with Crippen LogP contribution in [0.25, 0.3) is 0 Å². The number of thioether (sulfide) groups is 1. The fraction of sp³-hybridized carbons (Fsp3) is 0.278. The van der Waals surface area contributed by atoms with Crippen LogP contribution in [0.2, 0.25) is 0 Å². The smallest absolute Gasteiger partial charge is 0.264 e. The monoisotopic (exact) mass is 374 g/mol. The van der Waals surface area contributed by atoms with Crippen molar-refractivity contribution in [1.82, 2.24) is 0 Å². The van der Waals surface area contributed by atoms with E-state index < -0.39 is 10.0 Å². The van der Waals surface area contributed by atoms with E-state index in [1.165, 1.54) is 4.31 Å². The van der Waals surface area contributed by atoms with Crippen LogP contribution in [0.15, 0.2) is 52.3 Å². The van der Waals surface area contributed by atoms with Gasteiger partial charge >= 0.3 is 0 Å². The number of carbonyl (C=O) groups is 1. The fourth-order valence-corrected chi connectivity index (χ4v) is 5.86. The third-order valence-corrected chi connectivity index (χ3v) is 7.45. The van der Waals surface area contributed by atoms with Gasteiger partial charge in [0.15, 0.2) is 0 Å². The lowest BCUT2D eigenvalue weighted by molar-refractivity contribution is -0.116. The summed E-state index contributed by atoms with van der Waals surface area (Å²) >= 11 is 1.58. The Morgan fingerprint density at radius 1 is 1.20 bits per heavy atom. The van der Waals surface area contributed by atoms with Crippen LogP contribution in [0.4, 0.5) is 11.4 Å². The van der Waals surface area contributed by atoms with Crippen molar-refractivity contribution in [3.63, 3.8) is 0 Å². The van der Waals surface area contributed by atoms with E-state index in [9.17, 15) is 13.2 Å². The largest absolute Gasteiger partial charge is 0.325 e. The van der Waals surface area contributed by atoms with Gasteiger partial charge in [-0.1, -0.05) is 25.1 Å². The number of sulfonamides is 1. The zero-order valence-corrected chi connectivity index (χ0v) is 15.4. The number of rotatable bonds is 2. The van der Waals surface area contributed by atoms with Crippen LogP contribution in [0.1, 0.15) is 18.9 Å². The number of para-hydroxylation sites is 1. The molecule has 0 fully saturated rings. The van der Waals surface area contributed by atoms with Crippen LogP contribution in [0, 0.1) is 0 Å². The fourth-order valence-electron chi connectivity index (χ4n) is 3.28. The van der Waals surface area contributed by atoms with Crippen LogP contribution >= 0.6 is 11.8 Å². The van der Waals surface area contributed by atoms with Gasteiger partial charge in [-0.3, -0.25) is 9.10 Å². The van der Waals surface area contributed by atoms with E-state index in [1.807, 2.05) is 31.2 Å². The number of amides is 1. The Morgan fingerprint density at radius 2 is 2.00 bits per heavy atom. The molecule has 5 nitrogen and oxygen atoms in total. The Morgan fingerprint density at radius 3 is 2.84 bits per heavy atom. The molecule has 1 amide bonds. The highest BCUT2D eigenvalue weighted by atomic mass is 32.2. The van der Waals surface area contributed by atoms with E-state index in [2.05, 4.69) is 5.32 Å². The molecular weight excluding hydrogens is 356 g/mol. The van der Waals surface area contributed by atoms with Crippen LogP contribution in [0.3, 0.4) is 0 Å². The second-order valence-corrected chi connectivity index (χ2v) is 9.64. The van der Waals surface area contributed by atoms with Crippen LogP contribution in [-0.2, 0) is 21.2 Å². The molecule has 0 aromatic heterocycles. The second kappa shape index (κ2) is 6.07. The standard InChI is InChI=1S/C18H18N2O3S2/c1-12-10-18(21)19-15-11-14(6-7-17(15)24-12)25(22,23)20-9-8-13-4-2-3-5-16(13)20/h2-7,11-12H,8-10H2,1H3,(H,19,21). The third kappa shape index (κ3) is 2.91. The minimum atomic E-state index is -3.66. The van der Waals surface area contributed by atoms with Gasteiger partial charge in [-0.05, 0) is 36.2 Å². The van der Waals surface area contributed by atoms with Crippen molar-refractivity contribution in [2.75, 3.05) is 16.2 Å². The Kier molecular flexibility index (Phi) is 4.00. The molecule has 130 valence electrons. The first-order valence-electron chi connectivity index (χ1n) is 8.16. The van der Waals surface area contributed by atoms with Crippen molar-refractivity contribution in [2.24, 2.45) is 0 Å². The number of benzene rings is 2. The first-order valence-corrected chi connectivity index (χ1v) is 10.5. The average molecular weight is 374 g/mol. The minimum Gasteiger partial charge on any atom is -0.325 e. The molecule has 4 rings (SSSR count). The number of nitrogens with zero attached hydrogens (tertiary/aromatic N) is 1. The van der Waals surface area contributed by atoms with Gasteiger partial charge in [0.1, 0.15) is 0 Å². The summed E-state index contributed by atoms with van der Waals surface area (Å²) < 4.78 is 27.7. The molecule has 2 aromatic rings. The SMILES string of the molecule is CC1CC(=O)Nc2cc(S(=O)(=O)N3CCc4ccccc43)ccc2S1. The molecule has 0 spiro atoms. The number of hydrogen-bond acceptors (Lipinski definition) is 4. The van der Waals surface area contributed by atoms with Gasteiger partial charge in [0.2, 0.25) is 5.91 Å². The highest BCUT2D eigenvalue weighted by Gasteiger charge is 2.31. The zero-order valence-electron chi connectivity index (χ0n) is 13.7. The topological polar surface area (TPSA) is 66.5 Å². The van der Waals surface area contributed by atoms with Gasteiger partial charge < -0.3 is 5.32 Å². The van der Waals surface area contributed by atoms with Gasteiger partial charge in [-0.2, -0.15) is 0 Å². The lowest BCUT2D eigenvalue weighted by atomic mass is 10.2. The van der Waals surface area contributed by atoms with Crippen molar-refractivity contribution in [3.05, 3.63) is 48.0 Å². The summed E-state index contributed by atoms with van der Waals surface area (Å²) in [6, 6.07) is 12.6. The maximum absolute atomic E-state index is 13.1. The van der Waals surface area contributed by atoms with E-state index in [1.54, 1.807) is 30.0 Å². The van der Waals surface area contributed by atoms with E-state index in [4.69, 9.17) is 0 Å². The van der Waals surface area contributed by atoms with Crippen molar-refractivity contribution >= 4 is 39.1 Å². The van der Waals surface area contributed by atoms with Gasteiger partial charge in [-0.15, -0.1) is 11.8 Å². The van der Waals surface area contributed by atoms with Crippen LogP contribution in [-0.4, -0.2) is 26.1 Å². The molecule has 2 aliphatic rings. The average Bonchev–Trinajstić information content (AvgIpc) is 2.94. The van der Waals surface area contributed by atoms with E-state index in [-0.39, 0.29) is 16.1 Å². The van der Waals surface area contributed by atoms with Crippen LogP contribution < -0.4 is 9.62 Å². The van der Waals surface area contributed by atoms with Crippen molar-refractivity contribution in [3.8, 4) is 0 Å². The van der Waals surface area contributed by atoms with Crippen LogP contribution in [0.5, 0.6) is 0 Å². The number of anilines is 2. The predicted octanol–water partition coefficient (Wildman–Crippen LogP) is 3.26. The molecule has 7 heteroatoms. The Hall–Kier alpha value is -1.99. The highest BCUT2D eigenvalue weighted by Crippen LogP contribution is 2.38. The van der Waals surface area contributed by atoms with Gasteiger partial charge in [0, 0.05) is 23.1 Å². The maximum atomic E-state index is 13.1. The van der Waals surface area contributed by atoms with Gasteiger partial charge in [-0.25, -0.2) is 8.42 Å². The first-order chi connectivity index (χ1) is 11.9. The summed E-state index contributed by atoms with van der Waals surface area (Å²) in [4.78, 5) is 13.1. The lowest BCUT2D eigenvalue weighted by Gasteiger charge is -2.20. The van der Waals surface area contributed by atoms with Crippen molar-refractivity contribution < 1.29 is 13.2 Å². The molecule has 2 heterocycles. The molecule has 1 N–H and O–H groups in total. The Balaban J connectivity index is 1.74. The summed E-state index contributed by atoms with van der Waals surface area (Å²) in [5.74, 6) is -0.0835. The number of hydrogen-bond donors (Lipinski definition) is 1. The highest BCUT2D eigenvalue weighted by molar-refractivity contribution is 8.00. The Labute approximate surface area is 151 Å². The molecule has 2 aliphatic heterocycles. The zero-order chi connectivity index (χ0) is 17.6. The summed E-state index contributed by atoms with van der Waals surface area (Å²) in [6.07, 6.45) is 1.13. The molecule has 2 aromatic carbocycles. The summed E-state index contributed by atoms with van der Waals surface area (Å²) in [6.45, 7) is 2.43. The molecule has 0 saturated heterocycles. The summed E-state index contributed by atoms with van der Waals surface area (Å²) in [5.41, 5.74) is 2.36. The van der Waals surface area contributed by atoms with Crippen molar-refractivity contribution in [1.29, 1.82) is 0 Å². The number of nitrogens with one attached hydrogen (secondary N) is 1. The molecule has 1 unspecified atom stereocenters. The summed E-state index contributed by atoms with van der Waals surface area (Å²) in [7, 11) is -3.66. The van der Waals surface area contributed by atoms with E-state index >= 15 is 0 Å². The number of carbonyl (C=O) groups excluding carboxylic acids is 1. The van der Waals surface area contributed by atoms with Gasteiger partial charge in [0.05, 0.1) is 16.3 Å². The lowest BCUT2D eigenvalue weighted by Crippen LogP contribution is -2.29. The quantitative estimate of drug-likeness (QED) is 0.876. The molecule has 25 heavy (non-hydrogen) atoms. The minimum absolute atomic E-state index is 0.0835. The van der Waals surface area contributed by atoms with Crippen molar-refractivity contribution in [2.45, 2.75) is 34.8 Å². The molecular formula is C18H18N2O3S2.